The Morgan fingerprint density at radius 2 is 1.73 bits per heavy atom. The van der Waals surface area contributed by atoms with Crippen molar-refractivity contribution < 1.29 is 9.59 Å². The molecule has 0 radical (unpaired) electrons. The van der Waals surface area contributed by atoms with Gasteiger partial charge < -0.3 is 10.2 Å². The smallest absolute Gasteiger partial charge is 0.274 e. The number of rotatable bonds is 5. The minimum Gasteiger partial charge on any atom is -0.339 e. The lowest BCUT2D eigenvalue weighted by atomic mass is 10.1. The lowest BCUT2D eigenvalue weighted by molar-refractivity contribution is 0.0772. The first-order chi connectivity index (χ1) is 12.6. The topological polar surface area (TPSA) is 62.3 Å². The second-order valence-corrected chi connectivity index (χ2v) is 5.90. The Morgan fingerprint density at radius 3 is 2.50 bits per heavy atom. The molecule has 0 unspecified atom stereocenters. The van der Waals surface area contributed by atoms with Gasteiger partial charge >= 0.3 is 0 Å². The number of anilines is 1. The second kappa shape index (κ2) is 7.78. The van der Waals surface area contributed by atoms with E-state index in [0.717, 1.165) is 10.9 Å². The van der Waals surface area contributed by atoms with Gasteiger partial charge in [-0.3, -0.25) is 9.59 Å². The molecule has 0 atom stereocenters. The summed E-state index contributed by atoms with van der Waals surface area (Å²) in [5, 5.41) is 3.80. The zero-order valence-corrected chi connectivity index (χ0v) is 14.9. The Balaban J connectivity index is 1.80. The van der Waals surface area contributed by atoms with Crippen LogP contribution in [-0.2, 0) is 0 Å². The standard InChI is InChI=1S/C21H21N3O2/c1-3-24(4-2)21(26)16-9-7-10-17(14-16)22-20(25)19-13-12-15-8-5-6-11-18(15)23-19/h5-14H,3-4H2,1-2H3,(H,22,25). The van der Waals surface area contributed by atoms with Crippen molar-refractivity contribution in [2.75, 3.05) is 18.4 Å². The Bertz CT molecular complexity index is 949. The van der Waals surface area contributed by atoms with Gasteiger partial charge in [-0.1, -0.05) is 30.3 Å². The third-order valence-corrected chi connectivity index (χ3v) is 4.25. The van der Waals surface area contributed by atoms with Crippen molar-refractivity contribution >= 4 is 28.4 Å². The normalized spacial score (nSPS) is 10.5. The van der Waals surface area contributed by atoms with E-state index in [9.17, 15) is 9.59 Å². The molecule has 3 rings (SSSR count). The van der Waals surface area contributed by atoms with Gasteiger partial charge in [0.15, 0.2) is 0 Å². The van der Waals surface area contributed by atoms with Crippen LogP contribution in [0.3, 0.4) is 0 Å². The largest absolute Gasteiger partial charge is 0.339 e. The Hall–Kier alpha value is -3.21. The van der Waals surface area contributed by atoms with Gasteiger partial charge in [0, 0.05) is 29.7 Å². The average molecular weight is 347 g/mol. The van der Waals surface area contributed by atoms with Gasteiger partial charge in [-0.05, 0) is 44.2 Å². The molecule has 0 bridgehead atoms. The number of nitrogens with one attached hydrogen (secondary N) is 1. The lowest BCUT2D eigenvalue weighted by Crippen LogP contribution is -2.30. The molecule has 0 aliphatic rings. The number of amides is 2. The van der Waals surface area contributed by atoms with Crippen LogP contribution >= 0.6 is 0 Å². The van der Waals surface area contributed by atoms with Crippen LogP contribution in [0.2, 0.25) is 0 Å². The molecule has 0 fully saturated rings. The third-order valence-electron chi connectivity index (χ3n) is 4.25. The predicted molar refractivity (Wildman–Crippen MR) is 103 cm³/mol. The van der Waals surface area contributed by atoms with E-state index in [-0.39, 0.29) is 11.8 Å². The van der Waals surface area contributed by atoms with Crippen molar-refractivity contribution in [2.24, 2.45) is 0 Å². The highest BCUT2D eigenvalue weighted by Gasteiger charge is 2.14. The molecule has 132 valence electrons. The highest BCUT2D eigenvalue weighted by atomic mass is 16.2. The molecule has 0 spiro atoms. The molecule has 0 aliphatic carbocycles. The summed E-state index contributed by atoms with van der Waals surface area (Å²) in [7, 11) is 0. The van der Waals surface area contributed by atoms with E-state index < -0.39 is 0 Å². The number of carbonyl (C=O) groups is 2. The zero-order valence-electron chi connectivity index (χ0n) is 14.9. The SMILES string of the molecule is CCN(CC)C(=O)c1cccc(NC(=O)c2ccc3ccccc3n2)c1. The quantitative estimate of drug-likeness (QED) is 0.760. The van der Waals surface area contributed by atoms with Gasteiger partial charge in [0.25, 0.3) is 11.8 Å². The molecule has 5 nitrogen and oxygen atoms in total. The molecule has 0 aliphatic heterocycles. The molecule has 0 saturated carbocycles. The van der Waals surface area contributed by atoms with E-state index in [2.05, 4.69) is 10.3 Å². The molecular weight excluding hydrogens is 326 g/mol. The minimum atomic E-state index is -0.303. The van der Waals surface area contributed by atoms with E-state index in [1.807, 2.05) is 44.2 Å². The second-order valence-electron chi connectivity index (χ2n) is 5.90. The number of hydrogen-bond acceptors (Lipinski definition) is 3. The highest BCUT2D eigenvalue weighted by Crippen LogP contribution is 2.16. The van der Waals surface area contributed by atoms with Gasteiger partial charge in [0.1, 0.15) is 5.69 Å². The molecule has 0 saturated heterocycles. The summed E-state index contributed by atoms with van der Waals surface area (Å²) in [6.45, 7) is 5.18. The first kappa shape index (κ1) is 17.6. The van der Waals surface area contributed by atoms with Crippen LogP contribution in [0.15, 0.2) is 60.7 Å². The molecule has 26 heavy (non-hydrogen) atoms. The van der Waals surface area contributed by atoms with Crippen LogP contribution in [0, 0.1) is 0 Å². The number of para-hydroxylation sites is 1. The summed E-state index contributed by atoms with van der Waals surface area (Å²) in [6.07, 6.45) is 0. The van der Waals surface area contributed by atoms with Gasteiger partial charge in [-0.2, -0.15) is 0 Å². The van der Waals surface area contributed by atoms with Crippen LogP contribution < -0.4 is 5.32 Å². The summed E-state index contributed by atoms with van der Waals surface area (Å²) in [5.74, 6) is -0.349. The van der Waals surface area contributed by atoms with Crippen LogP contribution in [0.4, 0.5) is 5.69 Å². The molecule has 1 heterocycles. The van der Waals surface area contributed by atoms with Crippen molar-refractivity contribution in [3.63, 3.8) is 0 Å². The Morgan fingerprint density at radius 1 is 0.962 bits per heavy atom. The van der Waals surface area contributed by atoms with Crippen molar-refractivity contribution in [2.45, 2.75) is 13.8 Å². The first-order valence-electron chi connectivity index (χ1n) is 8.69. The molecule has 2 amide bonds. The van der Waals surface area contributed by atoms with E-state index >= 15 is 0 Å². The van der Waals surface area contributed by atoms with Crippen molar-refractivity contribution in [3.05, 3.63) is 71.9 Å². The molecule has 2 aromatic carbocycles. The fourth-order valence-corrected chi connectivity index (χ4v) is 2.81. The first-order valence-corrected chi connectivity index (χ1v) is 8.69. The predicted octanol–water partition coefficient (Wildman–Crippen LogP) is 3.97. The summed E-state index contributed by atoms with van der Waals surface area (Å²) < 4.78 is 0. The zero-order chi connectivity index (χ0) is 18.5. The van der Waals surface area contributed by atoms with Gasteiger partial charge in [0.2, 0.25) is 0 Å². The summed E-state index contributed by atoms with van der Waals surface area (Å²) in [6, 6.07) is 18.2. The summed E-state index contributed by atoms with van der Waals surface area (Å²) >= 11 is 0. The fourth-order valence-electron chi connectivity index (χ4n) is 2.81. The van der Waals surface area contributed by atoms with Crippen LogP contribution in [-0.4, -0.2) is 34.8 Å². The van der Waals surface area contributed by atoms with Crippen molar-refractivity contribution in [3.8, 4) is 0 Å². The lowest BCUT2D eigenvalue weighted by Gasteiger charge is -2.19. The molecule has 1 aromatic heterocycles. The van der Waals surface area contributed by atoms with Gasteiger partial charge in [0.05, 0.1) is 5.52 Å². The fraction of sp³-hybridized carbons (Fsp3) is 0.190. The van der Waals surface area contributed by atoms with E-state index in [1.54, 1.807) is 35.2 Å². The maximum Gasteiger partial charge on any atom is 0.274 e. The Kier molecular flexibility index (Phi) is 5.27. The summed E-state index contributed by atoms with van der Waals surface area (Å²) in [4.78, 5) is 31.1. The van der Waals surface area contributed by atoms with Crippen molar-refractivity contribution in [1.29, 1.82) is 0 Å². The summed E-state index contributed by atoms with van der Waals surface area (Å²) in [5.41, 5.74) is 2.23. The van der Waals surface area contributed by atoms with Crippen LogP contribution in [0.1, 0.15) is 34.7 Å². The average Bonchev–Trinajstić information content (AvgIpc) is 2.68. The number of pyridine rings is 1. The van der Waals surface area contributed by atoms with Gasteiger partial charge in [-0.25, -0.2) is 4.98 Å². The van der Waals surface area contributed by atoms with E-state index in [4.69, 9.17) is 0 Å². The molecule has 3 aromatic rings. The monoisotopic (exact) mass is 347 g/mol. The number of nitrogens with zero attached hydrogens (tertiary/aromatic N) is 2. The number of benzene rings is 2. The van der Waals surface area contributed by atoms with E-state index in [0.29, 0.717) is 30.0 Å². The number of carbonyl (C=O) groups excluding carboxylic acids is 2. The Labute approximate surface area is 152 Å². The molecular formula is C21H21N3O2. The molecule has 1 N–H and O–H groups in total. The van der Waals surface area contributed by atoms with E-state index in [1.165, 1.54) is 0 Å². The number of fused-ring (bicyclic) bond motifs is 1. The minimum absolute atomic E-state index is 0.0464. The van der Waals surface area contributed by atoms with Crippen LogP contribution in [0.5, 0.6) is 0 Å². The van der Waals surface area contributed by atoms with Gasteiger partial charge in [-0.15, -0.1) is 0 Å². The van der Waals surface area contributed by atoms with Crippen LogP contribution in [0.25, 0.3) is 10.9 Å². The number of hydrogen-bond donors (Lipinski definition) is 1. The maximum atomic E-state index is 12.5. The number of aromatic nitrogens is 1. The highest BCUT2D eigenvalue weighted by molar-refractivity contribution is 6.05. The molecule has 5 heteroatoms. The maximum absolute atomic E-state index is 12.5. The third kappa shape index (κ3) is 3.72. The van der Waals surface area contributed by atoms with Crippen molar-refractivity contribution in [1.82, 2.24) is 9.88 Å².